The Balaban J connectivity index is 1.79. The van der Waals surface area contributed by atoms with Crippen LogP contribution in [0.15, 0.2) is 41.2 Å². The van der Waals surface area contributed by atoms with Gasteiger partial charge in [0.2, 0.25) is 0 Å². The summed E-state index contributed by atoms with van der Waals surface area (Å²) in [6, 6.07) is 11.2. The van der Waals surface area contributed by atoms with Crippen LogP contribution in [0.2, 0.25) is 0 Å². The van der Waals surface area contributed by atoms with Crippen LogP contribution in [0.5, 0.6) is 11.5 Å². The summed E-state index contributed by atoms with van der Waals surface area (Å²) in [5.74, 6) is 1.34. The van der Waals surface area contributed by atoms with Crippen molar-refractivity contribution in [1.82, 2.24) is 19.6 Å². The largest absolute Gasteiger partial charge is 0.497 e. The fraction of sp³-hybridized carbons (Fsp3) is 0.100. The van der Waals surface area contributed by atoms with E-state index in [4.69, 9.17) is 15.2 Å². The average Bonchev–Trinajstić information content (AvgIpc) is 3.23. The molecule has 3 aromatic heterocycles. The Kier molecular flexibility index (Phi) is 2.74. The predicted molar refractivity (Wildman–Crippen MR) is 106 cm³/mol. The molecule has 0 aliphatic carbocycles. The monoisotopic (exact) mass is 373 g/mol. The highest BCUT2D eigenvalue weighted by Crippen LogP contribution is 2.43. The van der Waals surface area contributed by atoms with Crippen molar-refractivity contribution in [1.29, 1.82) is 0 Å². The van der Waals surface area contributed by atoms with Gasteiger partial charge >= 0.3 is 0 Å². The maximum Gasteiger partial charge on any atom is 0.261 e. The van der Waals surface area contributed by atoms with Gasteiger partial charge in [0.05, 0.1) is 35.0 Å². The number of anilines is 1. The van der Waals surface area contributed by atoms with Crippen LogP contribution < -0.4 is 20.8 Å². The van der Waals surface area contributed by atoms with E-state index in [1.807, 2.05) is 34.8 Å². The molecule has 0 fully saturated rings. The van der Waals surface area contributed by atoms with Gasteiger partial charge in [-0.1, -0.05) is 12.1 Å². The van der Waals surface area contributed by atoms with Crippen LogP contribution in [-0.2, 0) is 6.61 Å². The summed E-state index contributed by atoms with van der Waals surface area (Å²) in [4.78, 5) is 20.5. The molecule has 6 rings (SSSR count). The molecule has 0 bridgehead atoms. The molecule has 0 saturated heterocycles. The number of aromatic nitrogens is 4. The Morgan fingerprint density at radius 2 is 2.18 bits per heavy atom. The fourth-order valence-corrected chi connectivity index (χ4v) is 4.01. The van der Waals surface area contributed by atoms with Crippen LogP contribution in [0.25, 0.3) is 38.7 Å². The fourth-order valence-electron chi connectivity index (χ4n) is 4.01. The zero-order valence-corrected chi connectivity index (χ0v) is 14.9. The molecule has 0 amide bonds. The van der Waals surface area contributed by atoms with Gasteiger partial charge in [-0.2, -0.15) is 0 Å². The van der Waals surface area contributed by atoms with Crippen molar-refractivity contribution in [2.75, 3.05) is 12.8 Å². The van der Waals surface area contributed by atoms with E-state index < -0.39 is 0 Å². The van der Waals surface area contributed by atoms with Crippen LogP contribution in [-0.4, -0.2) is 26.7 Å². The first kappa shape index (κ1) is 15.2. The predicted octanol–water partition coefficient (Wildman–Crippen LogP) is 2.81. The molecule has 0 radical (unpaired) electrons. The van der Waals surface area contributed by atoms with Crippen molar-refractivity contribution in [3.05, 3.63) is 52.4 Å². The highest BCUT2D eigenvalue weighted by Gasteiger charge is 2.26. The van der Waals surface area contributed by atoms with E-state index >= 15 is 0 Å². The molecule has 4 heterocycles. The number of methoxy groups -OCH3 is 1. The quantitative estimate of drug-likeness (QED) is 0.391. The van der Waals surface area contributed by atoms with E-state index in [0.717, 1.165) is 27.9 Å². The van der Waals surface area contributed by atoms with Crippen molar-refractivity contribution in [3.63, 3.8) is 0 Å². The van der Waals surface area contributed by atoms with Gasteiger partial charge in [0.1, 0.15) is 17.7 Å². The van der Waals surface area contributed by atoms with E-state index in [-0.39, 0.29) is 12.2 Å². The molecule has 8 nitrogen and oxygen atoms in total. The Hall–Kier alpha value is -3.94. The second kappa shape index (κ2) is 5.07. The lowest BCUT2D eigenvalue weighted by Crippen LogP contribution is -2.16. The topological polar surface area (TPSA) is 110 Å². The second-order valence-electron chi connectivity index (χ2n) is 6.81. The molecular formula is C20H15N5O3. The first-order valence-corrected chi connectivity index (χ1v) is 8.80. The van der Waals surface area contributed by atoms with E-state index in [0.29, 0.717) is 33.7 Å². The number of nitrogens with two attached hydrogens (primary N) is 1. The van der Waals surface area contributed by atoms with E-state index in [2.05, 4.69) is 15.1 Å². The minimum atomic E-state index is -0.210. The molecule has 28 heavy (non-hydrogen) atoms. The number of nitrogens with zero attached hydrogens (tertiary/aromatic N) is 2. The molecule has 4 N–H and O–H groups in total. The number of pyridine rings is 1. The summed E-state index contributed by atoms with van der Waals surface area (Å²) in [7, 11) is 1.62. The van der Waals surface area contributed by atoms with Gasteiger partial charge in [-0.15, -0.1) is 0 Å². The number of hydrogen-bond acceptors (Lipinski definition) is 5. The third-order valence-electron chi connectivity index (χ3n) is 5.28. The SMILES string of the molecule is COc1ccc2nc3c4c(=O)[nH]c5c(c4[nH]n3c2c1)-c1cccc(N)c1OC5. The number of nitrogen functional groups attached to an aromatic ring is 1. The number of H-pyrrole nitrogens is 2. The Labute approximate surface area is 157 Å². The molecule has 1 aliphatic heterocycles. The summed E-state index contributed by atoms with van der Waals surface area (Å²) in [6.45, 7) is 0.248. The molecule has 1 aliphatic rings. The van der Waals surface area contributed by atoms with Crippen LogP contribution in [0.4, 0.5) is 5.69 Å². The molecule has 138 valence electrons. The van der Waals surface area contributed by atoms with Crippen LogP contribution in [0.1, 0.15) is 5.69 Å². The number of fused-ring (bicyclic) bond motifs is 9. The first-order chi connectivity index (χ1) is 13.7. The lowest BCUT2D eigenvalue weighted by atomic mass is 9.98. The average molecular weight is 373 g/mol. The van der Waals surface area contributed by atoms with Gasteiger partial charge in [-0.05, 0) is 18.2 Å². The normalized spacial score (nSPS) is 12.9. The van der Waals surface area contributed by atoms with Crippen LogP contribution in [0, 0.1) is 0 Å². The van der Waals surface area contributed by atoms with Crippen molar-refractivity contribution in [3.8, 4) is 22.6 Å². The maximum atomic E-state index is 12.9. The maximum absolute atomic E-state index is 12.9. The summed E-state index contributed by atoms with van der Waals surface area (Å²) < 4.78 is 12.9. The molecule has 0 spiro atoms. The minimum absolute atomic E-state index is 0.210. The number of ether oxygens (including phenoxy) is 2. The lowest BCUT2D eigenvalue weighted by molar-refractivity contribution is 0.299. The molecule has 0 unspecified atom stereocenters. The molecule has 0 saturated carbocycles. The number of hydrogen-bond donors (Lipinski definition) is 3. The highest BCUT2D eigenvalue weighted by atomic mass is 16.5. The van der Waals surface area contributed by atoms with Crippen LogP contribution in [0.3, 0.4) is 0 Å². The van der Waals surface area contributed by atoms with Crippen molar-refractivity contribution in [2.24, 2.45) is 0 Å². The molecule has 8 heteroatoms. The third-order valence-corrected chi connectivity index (χ3v) is 5.28. The highest BCUT2D eigenvalue weighted by molar-refractivity contribution is 6.05. The minimum Gasteiger partial charge on any atom is -0.497 e. The van der Waals surface area contributed by atoms with E-state index in [1.165, 1.54) is 0 Å². The Morgan fingerprint density at radius 1 is 1.29 bits per heavy atom. The van der Waals surface area contributed by atoms with Crippen LogP contribution >= 0.6 is 0 Å². The number of para-hydroxylation sites is 1. The van der Waals surface area contributed by atoms with E-state index in [9.17, 15) is 4.79 Å². The molecular weight excluding hydrogens is 358 g/mol. The second-order valence-corrected chi connectivity index (χ2v) is 6.81. The number of nitrogens with one attached hydrogen (secondary N) is 2. The Morgan fingerprint density at radius 3 is 3.04 bits per heavy atom. The number of imidazole rings is 1. The third kappa shape index (κ3) is 1.78. The van der Waals surface area contributed by atoms with Gasteiger partial charge in [0, 0.05) is 17.2 Å². The number of aromatic amines is 2. The first-order valence-electron chi connectivity index (χ1n) is 8.80. The smallest absolute Gasteiger partial charge is 0.261 e. The van der Waals surface area contributed by atoms with Crippen molar-refractivity contribution in [2.45, 2.75) is 6.61 Å². The standard InChI is InChI=1S/C20H15N5O3/c1-27-9-5-6-12-14(7-9)25-19(22-12)16-17(24-25)15-10-3-2-4-11(21)18(10)28-8-13(15)23-20(16)26/h2-7,24H,8,21H2,1H3,(H,23,26). The molecule has 2 aromatic carbocycles. The van der Waals surface area contributed by atoms with Crippen molar-refractivity contribution < 1.29 is 9.47 Å². The summed E-state index contributed by atoms with van der Waals surface area (Å²) in [5.41, 5.74) is 11.8. The number of benzene rings is 2. The zero-order chi connectivity index (χ0) is 19.0. The summed E-state index contributed by atoms with van der Waals surface area (Å²) in [5, 5.41) is 3.87. The van der Waals surface area contributed by atoms with Gasteiger partial charge in [0.15, 0.2) is 11.4 Å². The number of rotatable bonds is 1. The summed E-state index contributed by atoms with van der Waals surface area (Å²) >= 11 is 0. The van der Waals surface area contributed by atoms with Gasteiger partial charge in [0.25, 0.3) is 5.56 Å². The van der Waals surface area contributed by atoms with E-state index in [1.54, 1.807) is 13.2 Å². The van der Waals surface area contributed by atoms with Gasteiger partial charge in [-0.3, -0.25) is 9.89 Å². The summed E-state index contributed by atoms with van der Waals surface area (Å²) in [6.07, 6.45) is 0. The lowest BCUT2D eigenvalue weighted by Gasteiger charge is -2.22. The molecule has 5 aromatic rings. The molecule has 0 atom stereocenters. The van der Waals surface area contributed by atoms with Crippen molar-refractivity contribution >= 4 is 33.3 Å². The van der Waals surface area contributed by atoms with Gasteiger partial charge in [-0.25, -0.2) is 9.50 Å². The zero-order valence-electron chi connectivity index (χ0n) is 14.9. The van der Waals surface area contributed by atoms with Gasteiger partial charge < -0.3 is 20.2 Å². The Bertz CT molecular complexity index is 1490.